The highest BCUT2D eigenvalue weighted by Gasteiger charge is 2.34. The van der Waals surface area contributed by atoms with Gasteiger partial charge >= 0.3 is 0 Å². The number of fused-ring (bicyclic) bond motifs is 1. The van der Waals surface area contributed by atoms with Crippen molar-refractivity contribution in [2.24, 2.45) is 0 Å². The molecule has 2 heterocycles. The second-order valence-electron chi connectivity index (χ2n) is 5.99. The first-order chi connectivity index (χ1) is 11.7. The predicted octanol–water partition coefficient (Wildman–Crippen LogP) is 1.92. The van der Waals surface area contributed by atoms with Crippen LogP contribution in [0.5, 0.6) is 0 Å². The van der Waals surface area contributed by atoms with Crippen molar-refractivity contribution >= 4 is 34.5 Å². The number of H-pyrrole nitrogens is 1. The number of rotatable bonds is 6. The molecule has 2 amide bonds. The zero-order valence-corrected chi connectivity index (χ0v) is 14.6. The van der Waals surface area contributed by atoms with Crippen molar-refractivity contribution in [3.8, 4) is 0 Å². The summed E-state index contributed by atoms with van der Waals surface area (Å²) in [7, 11) is 0. The molecule has 3 rings (SSSR count). The Kier molecular flexibility index (Phi) is 5.40. The predicted molar refractivity (Wildman–Crippen MR) is 95.7 cm³/mol. The topological polar surface area (TPSA) is 78.1 Å². The molecule has 7 heteroatoms. The van der Waals surface area contributed by atoms with Crippen LogP contribution in [0.25, 0.3) is 10.9 Å². The molecule has 2 aromatic rings. The molecule has 1 aromatic heterocycles. The maximum absolute atomic E-state index is 12.6. The lowest BCUT2D eigenvalue weighted by atomic mass is 10.1. The van der Waals surface area contributed by atoms with Crippen LogP contribution in [0.2, 0.25) is 0 Å². The summed E-state index contributed by atoms with van der Waals surface area (Å²) >= 11 is 1.63. The van der Waals surface area contributed by atoms with E-state index in [2.05, 4.69) is 22.4 Å². The van der Waals surface area contributed by atoms with Crippen LogP contribution in [-0.4, -0.2) is 51.1 Å². The minimum atomic E-state index is -0.352. The number of hydrogen-bond donors (Lipinski definition) is 2. The number of thioether (sulfide) groups is 1. The number of amides is 2. The van der Waals surface area contributed by atoms with Crippen molar-refractivity contribution in [2.75, 3.05) is 18.2 Å². The Morgan fingerprint density at radius 2 is 2.33 bits per heavy atom. The number of nitrogens with zero attached hydrogens (tertiary/aromatic N) is 2. The van der Waals surface area contributed by atoms with Crippen LogP contribution in [0.1, 0.15) is 25.3 Å². The Balaban J connectivity index is 1.63. The number of carbonyl (C=O) groups is 2. The molecule has 1 atom stereocenters. The van der Waals surface area contributed by atoms with E-state index in [1.54, 1.807) is 22.9 Å². The maximum Gasteiger partial charge on any atom is 0.243 e. The van der Waals surface area contributed by atoms with Gasteiger partial charge in [-0.3, -0.25) is 14.7 Å². The van der Waals surface area contributed by atoms with Gasteiger partial charge in [-0.15, -0.1) is 11.8 Å². The number of aromatic nitrogens is 2. The summed E-state index contributed by atoms with van der Waals surface area (Å²) < 4.78 is 0. The molecule has 0 unspecified atom stereocenters. The van der Waals surface area contributed by atoms with Gasteiger partial charge in [0.25, 0.3) is 0 Å². The molecule has 2 N–H and O–H groups in total. The fraction of sp³-hybridized carbons (Fsp3) is 0.471. The molecule has 0 bridgehead atoms. The lowest BCUT2D eigenvalue weighted by Crippen LogP contribution is -2.47. The fourth-order valence-corrected chi connectivity index (χ4v) is 3.96. The molecular formula is C17H22N4O2S. The summed E-state index contributed by atoms with van der Waals surface area (Å²) in [5, 5.41) is 10.9. The number of aromatic amines is 1. The molecule has 1 fully saturated rings. The summed E-state index contributed by atoms with van der Waals surface area (Å²) in [6, 6.07) is 5.49. The number of benzene rings is 1. The van der Waals surface area contributed by atoms with Crippen molar-refractivity contribution in [3.05, 3.63) is 30.0 Å². The Bertz CT molecular complexity index is 730. The van der Waals surface area contributed by atoms with Crippen LogP contribution in [0.4, 0.5) is 0 Å². The summed E-state index contributed by atoms with van der Waals surface area (Å²) in [6.45, 7) is 2.76. The van der Waals surface area contributed by atoms with Crippen LogP contribution in [0, 0.1) is 0 Å². The highest BCUT2D eigenvalue weighted by molar-refractivity contribution is 7.99. The number of carbonyl (C=O) groups excluding carboxylic acids is 2. The monoisotopic (exact) mass is 346 g/mol. The van der Waals surface area contributed by atoms with Gasteiger partial charge in [0.2, 0.25) is 11.8 Å². The zero-order valence-electron chi connectivity index (χ0n) is 13.7. The first-order valence-electron chi connectivity index (χ1n) is 8.26. The molecule has 1 aromatic carbocycles. The highest BCUT2D eigenvalue weighted by atomic mass is 32.2. The summed E-state index contributed by atoms with van der Waals surface area (Å²) in [6.07, 6.45) is 4.06. The van der Waals surface area contributed by atoms with Gasteiger partial charge in [0.1, 0.15) is 6.04 Å². The molecule has 24 heavy (non-hydrogen) atoms. The first-order valence-corrected chi connectivity index (χ1v) is 9.41. The van der Waals surface area contributed by atoms with Gasteiger partial charge in [0.05, 0.1) is 24.0 Å². The minimum Gasteiger partial charge on any atom is -0.354 e. The number of hydrogen-bond acceptors (Lipinski definition) is 4. The maximum atomic E-state index is 12.6. The van der Waals surface area contributed by atoms with Gasteiger partial charge in [0.15, 0.2) is 0 Å². The van der Waals surface area contributed by atoms with E-state index >= 15 is 0 Å². The van der Waals surface area contributed by atoms with E-state index < -0.39 is 0 Å². The molecule has 128 valence electrons. The van der Waals surface area contributed by atoms with Crippen molar-refractivity contribution in [3.63, 3.8) is 0 Å². The molecule has 1 saturated heterocycles. The number of nitrogens with one attached hydrogen (secondary N) is 2. The molecule has 6 nitrogen and oxygen atoms in total. The van der Waals surface area contributed by atoms with Crippen LogP contribution < -0.4 is 5.32 Å². The summed E-state index contributed by atoms with van der Waals surface area (Å²) in [5.41, 5.74) is 1.85. The van der Waals surface area contributed by atoms with E-state index in [9.17, 15) is 9.59 Å². The Morgan fingerprint density at radius 3 is 3.17 bits per heavy atom. The smallest absolute Gasteiger partial charge is 0.243 e. The van der Waals surface area contributed by atoms with E-state index in [1.807, 2.05) is 18.2 Å². The second kappa shape index (κ2) is 7.70. The highest BCUT2D eigenvalue weighted by Crippen LogP contribution is 2.23. The quantitative estimate of drug-likeness (QED) is 0.784. The molecule has 0 saturated carbocycles. The molecule has 1 aliphatic heterocycles. The van der Waals surface area contributed by atoms with Gasteiger partial charge < -0.3 is 10.2 Å². The average Bonchev–Trinajstić information content (AvgIpc) is 3.23. The molecule has 0 radical (unpaired) electrons. The van der Waals surface area contributed by atoms with Gasteiger partial charge in [0, 0.05) is 17.7 Å². The van der Waals surface area contributed by atoms with Crippen LogP contribution in [0.15, 0.2) is 24.4 Å². The van der Waals surface area contributed by atoms with Crippen molar-refractivity contribution in [1.82, 2.24) is 20.4 Å². The van der Waals surface area contributed by atoms with E-state index in [0.29, 0.717) is 24.6 Å². The van der Waals surface area contributed by atoms with Gasteiger partial charge in [-0.25, -0.2) is 0 Å². The molecule has 0 spiro atoms. The summed E-state index contributed by atoms with van der Waals surface area (Å²) in [4.78, 5) is 26.6. The molecule has 1 aliphatic rings. The van der Waals surface area contributed by atoms with Crippen molar-refractivity contribution < 1.29 is 9.59 Å². The Morgan fingerprint density at radius 1 is 1.46 bits per heavy atom. The van der Waals surface area contributed by atoms with Crippen LogP contribution >= 0.6 is 11.8 Å². The third-order valence-corrected chi connectivity index (χ3v) is 5.21. The van der Waals surface area contributed by atoms with Crippen LogP contribution in [-0.2, 0) is 16.0 Å². The van der Waals surface area contributed by atoms with Crippen molar-refractivity contribution in [2.45, 2.75) is 32.2 Å². The Hall–Kier alpha value is -2.02. The zero-order chi connectivity index (χ0) is 16.9. The lowest BCUT2D eigenvalue weighted by molar-refractivity contribution is -0.137. The van der Waals surface area contributed by atoms with Gasteiger partial charge in [-0.1, -0.05) is 25.5 Å². The fourth-order valence-electron chi connectivity index (χ4n) is 2.78. The summed E-state index contributed by atoms with van der Waals surface area (Å²) in [5.74, 6) is 1.21. The van der Waals surface area contributed by atoms with E-state index in [1.165, 1.54) is 0 Å². The normalized spacial score (nSPS) is 17.4. The van der Waals surface area contributed by atoms with E-state index in [-0.39, 0.29) is 17.9 Å². The third kappa shape index (κ3) is 3.72. The van der Waals surface area contributed by atoms with Crippen LogP contribution in [0.3, 0.4) is 0 Å². The molecular weight excluding hydrogens is 324 g/mol. The molecule has 0 aliphatic carbocycles. The van der Waals surface area contributed by atoms with E-state index in [4.69, 9.17) is 0 Å². The standard InChI is InChI=1S/C17H22N4O2S/c1-2-3-6-18-17(23)15-10-24-11-21(15)16(22)8-12-4-5-13-9-19-20-14(13)7-12/h4-5,7,9,15H,2-3,6,8,10-11H2,1H3,(H,18,23)(H,19,20)/t15-/m0/s1. The van der Waals surface area contributed by atoms with Gasteiger partial charge in [-0.2, -0.15) is 5.10 Å². The second-order valence-corrected chi connectivity index (χ2v) is 6.99. The van der Waals surface area contributed by atoms with Gasteiger partial charge in [-0.05, 0) is 18.1 Å². The Labute approximate surface area is 145 Å². The lowest BCUT2D eigenvalue weighted by Gasteiger charge is -2.23. The number of unbranched alkanes of at least 4 members (excludes halogenated alkanes) is 1. The van der Waals surface area contributed by atoms with E-state index in [0.717, 1.165) is 29.3 Å². The SMILES string of the molecule is CCCCNC(=O)[C@@H]1CSCN1C(=O)Cc1ccc2cn[nH]c2c1. The third-order valence-electron chi connectivity index (χ3n) is 4.20. The minimum absolute atomic E-state index is 0.00509. The average molecular weight is 346 g/mol. The van der Waals surface area contributed by atoms with Crippen molar-refractivity contribution in [1.29, 1.82) is 0 Å². The first kappa shape index (κ1) is 16.8. The largest absolute Gasteiger partial charge is 0.354 e.